The van der Waals surface area contributed by atoms with Crippen molar-refractivity contribution in [1.82, 2.24) is 4.90 Å². The van der Waals surface area contributed by atoms with Gasteiger partial charge >= 0.3 is 0 Å². The molecular weight excluding hydrogens is 662 g/mol. The summed E-state index contributed by atoms with van der Waals surface area (Å²) < 4.78 is 12.3. The first-order valence-corrected chi connectivity index (χ1v) is 14.0. The van der Waals surface area contributed by atoms with Gasteiger partial charge in [0.05, 0.1) is 21.6 Å². The Morgan fingerprint density at radius 3 is 2.32 bits per heavy atom. The molecule has 0 saturated carbocycles. The number of anilines is 1. The van der Waals surface area contributed by atoms with Crippen molar-refractivity contribution in [3.8, 4) is 11.5 Å². The topological polar surface area (TPSA) is 84.9 Å². The number of rotatable bonds is 9. The highest BCUT2D eigenvalue weighted by atomic mass is 127. The standard InChI is InChI=1S/C27H21Cl2IN2O5S/c1-2-36-20-9-7-19(8-10-20)31-24(33)14-32-26(34)23(38-27(32)35)13-17-11-21(28)25(22(29)12-17)37-15-16-3-5-18(30)6-4-16/h3-13H,2,14-15H2,1H3,(H,31,33)/b23-13+. The predicted molar refractivity (Wildman–Crippen MR) is 159 cm³/mol. The molecule has 0 aromatic heterocycles. The first kappa shape index (κ1) is 28.3. The van der Waals surface area contributed by atoms with E-state index in [2.05, 4.69) is 27.9 Å². The van der Waals surface area contributed by atoms with Crippen molar-refractivity contribution >= 4 is 86.4 Å². The normalized spacial score (nSPS) is 14.2. The van der Waals surface area contributed by atoms with Gasteiger partial charge in [0, 0.05) is 9.26 Å². The monoisotopic (exact) mass is 682 g/mol. The maximum Gasteiger partial charge on any atom is 0.294 e. The van der Waals surface area contributed by atoms with Gasteiger partial charge in [0.25, 0.3) is 11.1 Å². The van der Waals surface area contributed by atoms with E-state index in [1.54, 1.807) is 36.4 Å². The molecule has 1 aliphatic heterocycles. The second-order valence-electron chi connectivity index (χ2n) is 8.00. The number of ether oxygens (including phenoxy) is 2. The van der Waals surface area contributed by atoms with Gasteiger partial charge in [0.1, 0.15) is 18.9 Å². The van der Waals surface area contributed by atoms with Gasteiger partial charge in [-0.3, -0.25) is 19.3 Å². The number of carbonyl (C=O) groups excluding carboxylic acids is 3. The molecule has 1 heterocycles. The molecule has 1 saturated heterocycles. The highest BCUT2D eigenvalue weighted by Gasteiger charge is 2.36. The zero-order valence-electron chi connectivity index (χ0n) is 20.0. The molecule has 11 heteroatoms. The highest BCUT2D eigenvalue weighted by Crippen LogP contribution is 2.38. The average Bonchev–Trinajstić information content (AvgIpc) is 3.13. The zero-order chi connectivity index (χ0) is 27.2. The minimum atomic E-state index is -0.576. The summed E-state index contributed by atoms with van der Waals surface area (Å²) in [4.78, 5) is 38.9. The molecule has 4 rings (SSSR count). The molecule has 0 aliphatic carbocycles. The van der Waals surface area contributed by atoms with Crippen LogP contribution in [0.2, 0.25) is 10.0 Å². The fourth-order valence-corrected chi connectivity index (χ4v) is 5.28. The molecule has 3 amide bonds. The molecule has 0 unspecified atom stereocenters. The largest absolute Gasteiger partial charge is 0.494 e. The Balaban J connectivity index is 1.40. The van der Waals surface area contributed by atoms with Gasteiger partial charge in [-0.1, -0.05) is 35.3 Å². The second-order valence-corrected chi connectivity index (χ2v) is 11.1. The van der Waals surface area contributed by atoms with Crippen LogP contribution < -0.4 is 14.8 Å². The van der Waals surface area contributed by atoms with Crippen LogP contribution in [0, 0.1) is 3.57 Å². The first-order valence-electron chi connectivity index (χ1n) is 11.4. The number of hydrogen-bond donors (Lipinski definition) is 1. The average molecular weight is 683 g/mol. The van der Waals surface area contributed by atoms with Crippen LogP contribution in [0.4, 0.5) is 10.5 Å². The van der Waals surface area contributed by atoms with Crippen LogP contribution in [0.1, 0.15) is 18.1 Å². The SMILES string of the molecule is CCOc1ccc(NC(=O)CN2C(=O)S/C(=C/c3cc(Cl)c(OCc4ccc(I)cc4)c(Cl)c3)C2=O)cc1. The number of nitrogens with zero attached hydrogens (tertiary/aromatic N) is 1. The predicted octanol–water partition coefficient (Wildman–Crippen LogP) is 7.25. The van der Waals surface area contributed by atoms with Gasteiger partial charge in [0.15, 0.2) is 5.75 Å². The van der Waals surface area contributed by atoms with Crippen LogP contribution in [0.15, 0.2) is 65.6 Å². The number of halogens is 3. The number of carbonyl (C=O) groups is 3. The zero-order valence-corrected chi connectivity index (χ0v) is 24.5. The van der Waals surface area contributed by atoms with Crippen LogP contribution in [-0.4, -0.2) is 35.1 Å². The number of benzene rings is 3. The quantitative estimate of drug-likeness (QED) is 0.189. The van der Waals surface area contributed by atoms with Crippen molar-refractivity contribution < 1.29 is 23.9 Å². The van der Waals surface area contributed by atoms with E-state index in [0.717, 1.165) is 25.8 Å². The molecular formula is C27H21Cl2IN2O5S. The summed E-state index contributed by atoms with van der Waals surface area (Å²) in [5.41, 5.74) is 2.00. The van der Waals surface area contributed by atoms with Crippen molar-refractivity contribution in [3.63, 3.8) is 0 Å². The lowest BCUT2D eigenvalue weighted by Crippen LogP contribution is -2.36. The first-order chi connectivity index (χ1) is 18.2. The molecule has 3 aromatic carbocycles. The van der Waals surface area contributed by atoms with Gasteiger partial charge in [-0.15, -0.1) is 0 Å². The lowest BCUT2D eigenvalue weighted by molar-refractivity contribution is -0.127. The number of nitrogens with one attached hydrogen (secondary N) is 1. The summed E-state index contributed by atoms with van der Waals surface area (Å²) in [6.07, 6.45) is 1.51. The Kier molecular flexibility index (Phi) is 9.59. The van der Waals surface area contributed by atoms with Crippen LogP contribution in [0.3, 0.4) is 0 Å². The third kappa shape index (κ3) is 7.22. The van der Waals surface area contributed by atoms with E-state index in [9.17, 15) is 14.4 Å². The van der Waals surface area contributed by atoms with Crippen LogP contribution in [-0.2, 0) is 16.2 Å². The maximum absolute atomic E-state index is 12.9. The van der Waals surface area contributed by atoms with Crippen LogP contribution in [0.5, 0.6) is 11.5 Å². The summed E-state index contributed by atoms with van der Waals surface area (Å²) in [6.45, 7) is 2.28. The van der Waals surface area contributed by atoms with Gasteiger partial charge < -0.3 is 14.8 Å². The van der Waals surface area contributed by atoms with Gasteiger partial charge in [-0.2, -0.15) is 0 Å². The van der Waals surface area contributed by atoms with E-state index in [1.165, 1.54) is 6.08 Å². The molecule has 7 nitrogen and oxygen atoms in total. The molecule has 0 spiro atoms. The molecule has 3 aromatic rings. The Morgan fingerprint density at radius 2 is 1.68 bits per heavy atom. The number of hydrogen-bond acceptors (Lipinski definition) is 6. The Morgan fingerprint density at radius 1 is 1.03 bits per heavy atom. The fraction of sp³-hybridized carbons (Fsp3) is 0.148. The Bertz CT molecular complexity index is 1370. The van der Waals surface area contributed by atoms with Crippen LogP contribution in [0.25, 0.3) is 6.08 Å². The summed E-state index contributed by atoms with van der Waals surface area (Å²) >= 11 is 15.8. The van der Waals surface area contributed by atoms with Gasteiger partial charge in [-0.25, -0.2) is 0 Å². The van der Waals surface area contributed by atoms with Gasteiger partial charge in [-0.05, 0) is 107 Å². The molecule has 0 atom stereocenters. The summed E-state index contributed by atoms with van der Waals surface area (Å²) in [7, 11) is 0. The molecule has 196 valence electrons. The van der Waals surface area contributed by atoms with Gasteiger partial charge in [0.2, 0.25) is 5.91 Å². The molecule has 1 fully saturated rings. The highest BCUT2D eigenvalue weighted by molar-refractivity contribution is 14.1. The maximum atomic E-state index is 12.9. The van der Waals surface area contributed by atoms with Crippen molar-refractivity contribution in [2.45, 2.75) is 13.5 Å². The smallest absolute Gasteiger partial charge is 0.294 e. The lowest BCUT2D eigenvalue weighted by atomic mass is 10.2. The van der Waals surface area contributed by atoms with Crippen molar-refractivity contribution in [2.75, 3.05) is 18.5 Å². The Labute approximate surface area is 247 Å². The van der Waals surface area contributed by atoms with E-state index in [4.69, 9.17) is 32.7 Å². The number of imide groups is 1. The minimum Gasteiger partial charge on any atom is -0.494 e. The van der Waals surface area contributed by atoms with E-state index in [-0.39, 0.29) is 21.6 Å². The molecule has 1 N–H and O–H groups in total. The van der Waals surface area contributed by atoms with Crippen molar-refractivity contribution in [1.29, 1.82) is 0 Å². The third-order valence-electron chi connectivity index (χ3n) is 5.24. The van der Waals surface area contributed by atoms with Crippen molar-refractivity contribution in [2.24, 2.45) is 0 Å². The lowest BCUT2D eigenvalue weighted by Gasteiger charge is -2.13. The van der Waals surface area contributed by atoms with E-state index >= 15 is 0 Å². The summed E-state index contributed by atoms with van der Waals surface area (Å²) in [5, 5.41) is 2.66. The molecule has 38 heavy (non-hydrogen) atoms. The number of amides is 3. The Hall–Kier alpha value is -2.73. The summed E-state index contributed by atoms with van der Waals surface area (Å²) in [6, 6.07) is 17.8. The molecule has 1 aliphatic rings. The van der Waals surface area contributed by atoms with E-state index in [0.29, 0.717) is 29.4 Å². The van der Waals surface area contributed by atoms with Crippen LogP contribution >= 0.6 is 57.6 Å². The minimum absolute atomic E-state index is 0.156. The molecule has 0 radical (unpaired) electrons. The third-order valence-corrected chi connectivity index (χ3v) is 7.43. The van der Waals surface area contributed by atoms with Crippen molar-refractivity contribution in [3.05, 3.63) is 90.3 Å². The van der Waals surface area contributed by atoms with E-state index in [1.807, 2.05) is 31.2 Å². The molecule has 0 bridgehead atoms. The second kappa shape index (κ2) is 12.9. The number of thioether (sulfide) groups is 1. The fourth-order valence-electron chi connectivity index (χ4n) is 3.47. The summed E-state index contributed by atoms with van der Waals surface area (Å²) in [5.74, 6) is -0.0815. The van der Waals surface area contributed by atoms with E-state index < -0.39 is 23.6 Å².